The van der Waals surface area contributed by atoms with Crippen molar-refractivity contribution in [3.63, 3.8) is 0 Å². The molecule has 0 aliphatic rings. The summed E-state index contributed by atoms with van der Waals surface area (Å²) in [6.45, 7) is 1.88. The zero-order valence-corrected chi connectivity index (χ0v) is 12.5. The van der Waals surface area contributed by atoms with Gasteiger partial charge in [-0.3, -0.25) is 14.4 Å². The second kappa shape index (κ2) is 12.0. The van der Waals surface area contributed by atoms with Gasteiger partial charge in [0, 0.05) is 12.8 Å². The van der Waals surface area contributed by atoms with Gasteiger partial charge in [0.05, 0.1) is 19.1 Å². The summed E-state index contributed by atoms with van der Waals surface area (Å²) in [5.41, 5.74) is 5.70. The molecule has 0 aromatic carbocycles. The van der Waals surface area contributed by atoms with E-state index in [0.29, 0.717) is 12.7 Å². The zero-order valence-electron chi connectivity index (χ0n) is 12.5. The summed E-state index contributed by atoms with van der Waals surface area (Å²) in [6.07, 6.45) is 4.16. The molecule has 7 heteroatoms. The van der Waals surface area contributed by atoms with Gasteiger partial charge >= 0.3 is 0 Å². The third-order valence-electron chi connectivity index (χ3n) is 2.93. The highest BCUT2D eigenvalue weighted by Crippen LogP contribution is 2.01. The maximum absolute atomic E-state index is 11.6. The van der Waals surface area contributed by atoms with Crippen molar-refractivity contribution in [1.82, 2.24) is 10.6 Å². The average Bonchev–Trinajstić information content (AvgIpc) is 2.48. The standard InChI is InChI=1S/C14H25N3O4/c1-2-3-4-5-12(15)14(21)17-10-11(19)6-7-13(20)16-8-9-18/h9,12H,2-8,10,15H2,1H3,(H,16,20)(H,17,21)/t12-/m0/s1. The summed E-state index contributed by atoms with van der Waals surface area (Å²) >= 11 is 0. The Balaban J connectivity index is 3.78. The van der Waals surface area contributed by atoms with Crippen LogP contribution in [-0.2, 0) is 19.2 Å². The topological polar surface area (TPSA) is 118 Å². The van der Waals surface area contributed by atoms with Gasteiger partial charge < -0.3 is 21.2 Å². The fourth-order valence-electron chi connectivity index (χ4n) is 1.65. The van der Waals surface area contributed by atoms with Crippen molar-refractivity contribution in [1.29, 1.82) is 0 Å². The molecule has 0 aromatic rings. The highest BCUT2D eigenvalue weighted by Gasteiger charge is 2.14. The molecule has 21 heavy (non-hydrogen) atoms. The monoisotopic (exact) mass is 299 g/mol. The minimum Gasteiger partial charge on any atom is -0.349 e. The van der Waals surface area contributed by atoms with Gasteiger partial charge in [-0.15, -0.1) is 0 Å². The number of nitrogens with one attached hydrogen (secondary N) is 2. The minimum atomic E-state index is -0.597. The SMILES string of the molecule is CCCCC[C@H](N)C(=O)NCC(=O)CCC(=O)NCC=O. The number of aldehydes is 1. The molecule has 0 spiro atoms. The first-order valence-electron chi connectivity index (χ1n) is 7.26. The van der Waals surface area contributed by atoms with Crippen LogP contribution >= 0.6 is 0 Å². The third-order valence-corrected chi connectivity index (χ3v) is 2.93. The number of carbonyl (C=O) groups is 4. The molecule has 7 nitrogen and oxygen atoms in total. The number of ketones is 1. The minimum absolute atomic E-state index is 0.00506. The zero-order chi connectivity index (χ0) is 16.1. The average molecular weight is 299 g/mol. The van der Waals surface area contributed by atoms with E-state index in [1.165, 1.54) is 0 Å². The van der Waals surface area contributed by atoms with Gasteiger partial charge in [0.2, 0.25) is 11.8 Å². The molecule has 0 aliphatic heterocycles. The Morgan fingerprint density at radius 1 is 1.14 bits per heavy atom. The number of nitrogens with two attached hydrogens (primary N) is 1. The van der Waals surface area contributed by atoms with E-state index in [4.69, 9.17) is 5.73 Å². The quantitative estimate of drug-likeness (QED) is 0.337. The molecule has 0 rings (SSSR count). The van der Waals surface area contributed by atoms with Crippen LogP contribution in [0.2, 0.25) is 0 Å². The lowest BCUT2D eigenvalue weighted by atomic mass is 10.1. The van der Waals surface area contributed by atoms with Crippen LogP contribution in [0.25, 0.3) is 0 Å². The fourth-order valence-corrected chi connectivity index (χ4v) is 1.65. The van der Waals surface area contributed by atoms with Crippen molar-refractivity contribution in [2.75, 3.05) is 13.1 Å². The van der Waals surface area contributed by atoms with Gasteiger partial charge in [0.15, 0.2) is 5.78 Å². The largest absolute Gasteiger partial charge is 0.349 e. The van der Waals surface area contributed by atoms with Crippen molar-refractivity contribution >= 4 is 23.9 Å². The van der Waals surface area contributed by atoms with E-state index in [1.54, 1.807) is 0 Å². The van der Waals surface area contributed by atoms with Gasteiger partial charge in [-0.25, -0.2) is 0 Å². The van der Waals surface area contributed by atoms with Crippen LogP contribution in [0.15, 0.2) is 0 Å². The summed E-state index contributed by atoms with van der Waals surface area (Å²) in [4.78, 5) is 44.3. The van der Waals surface area contributed by atoms with Crippen LogP contribution in [0, 0.1) is 0 Å². The van der Waals surface area contributed by atoms with E-state index in [2.05, 4.69) is 17.6 Å². The number of hydrogen-bond acceptors (Lipinski definition) is 5. The predicted octanol–water partition coefficient (Wildman–Crippen LogP) is -0.325. The van der Waals surface area contributed by atoms with E-state index < -0.39 is 6.04 Å². The Hall–Kier alpha value is -1.76. The number of rotatable bonds is 12. The first-order valence-corrected chi connectivity index (χ1v) is 7.26. The van der Waals surface area contributed by atoms with Crippen LogP contribution in [-0.4, -0.2) is 43.0 Å². The second-order valence-corrected chi connectivity index (χ2v) is 4.83. The van der Waals surface area contributed by atoms with Crippen LogP contribution in [0.1, 0.15) is 45.4 Å². The molecule has 120 valence electrons. The molecule has 0 radical (unpaired) electrons. The highest BCUT2D eigenvalue weighted by atomic mass is 16.2. The van der Waals surface area contributed by atoms with Crippen LogP contribution in [0.4, 0.5) is 0 Å². The smallest absolute Gasteiger partial charge is 0.237 e. The van der Waals surface area contributed by atoms with Crippen LogP contribution < -0.4 is 16.4 Å². The van der Waals surface area contributed by atoms with Gasteiger partial charge in [-0.2, -0.15) is 0 Å². The molecule has 0 aliphatic carbocycles. The lowest BCUT2D eigenvalue weighted by molar-refractivity contribution is -0.127. The van der Waals surface area contributed by atoms with E-state index >= 15 is 0 Å². The number of unbranched alkanes of at least 4 members (excludes halogenated alkanes) is 2. The Bertz CT molecular complexity index is 358. The molecule has 1 atom stereocenters. The van der Waals surface area contributed by atoms with Crippen molar-refractivity contribution in [3.05, 3.63) is 0 Å². The van der Waals surface area contributed by atoms with Crippen LogP contribution in [0.3, 0.4) is 0 Å². The molecule has 0 bridgehead atoms. The molecule has 2 amide bonds. The van der Waals surface area contributed by atoms with Crippen molar-refractivity contribution in [2.45, 2.75) is 51.5 Å². The molecule has 0 saturated carbocycles. The molecule has 4 N–H and O–H groups in total. The van der Waals surface area contributed by atoms with Crippen LogP contribution in [0.5, 0.6) is 0 Å². The number of Topliss-reactive ketones (excluding diaryl/α,β-unsaturated/α-hetero) is 1. The molecule has 0 fully saturated rings. The number of amides is 2. The Kier molecular flexibility index (Phi) is 11.0. The second-order valence-electron chi connectivity index (χ2n) is 4.83. The molecule has 0 heterocycles. The summed E-state index contributed by atoms with van der Waals surface area (Å²) in [7, 11) is 0. The Morgan fingerprint density at radius 3 is 2.48 bits per heavy atom. The number of hydrogen-bond donors (Lipinski definition) is 3. The molecular formula is C14H25N3O4. The lowest BCUT2D eigenvalue weighted by Crippen LogP contribution is -2.42. The van der Waals surface area contributed by atoms with E-state index in [-0.39, 0.29) is 43.5 Å². The summed E-state index contributed by atoms with van der Waals surface area (Å²) in [5.74, 6) is -0.951. The van der Waals surface area contributed by atoms with Crippen molar-refractivity contribution < 1.29 is 19.2 Å². The molecule has 0 aromatic heterocycles. The van der Waals surface area contributed by atoms with Crippen molar-refractivity contribution in [2.24, 2.45) is 5.73 Å². The number of carbonyl (C=O) groups excluding carboxylic acids is 4. The maximum atomic E-state index is 11.6. The van der Waals surface area contributed by atoms with Gasteiger partial charge in [0.1, 0.15) is 6.29 Å². The first kappa shape index (κ1) is 19.2. The maximum Gasteiger partial charge on any atom is 0.237 e. The lowest BCUT2D eigenvalue weighted by Gasteiger charge is -2.11. The molecule has 0 saturated heterocycles. The Morgan fingerprint density at radius 2 is 1.86 bits per heavy atom. The van der Waals surface area contributed by atoms with E-state index in [9.17, 15) is 19.2 Å². The van der Waals surface area contributed by atoms with Gasteiger partial charge in [-0.05, 0) is 6.42 Å². The molecular weight excluding hydrogens is 274 g/mol. The summed E-state index contributed by atoms with van der Waals surface area (Å²) in [5, 5.41) is 4.81. The summed E-state index contributed by atoms with van der Waals surface area (Å²) in [6, 6.07) is -0.597. The third kappa shape index (κ3) is 10.7. The predicted molar refractivity (Wildman–Crippen MR) is 78.4 cm³/mol. The van der Waals surface area contributed by atoms with E-state index in [1.807, 2.05) is 0 Å². The molecule has 0 unspecified atom stereocenters. The van der Waals surface area contributed by atoms with E-state index in [0.717, 1.165) is 19.3 Å². The summed E-state index contributed by atoms with van der Waals surface area (Å²) < 4.78 is 0. The fraction of sp³-hybridized carbons (Fsp3) is 0.714. The first-order chi connectivity index (χ1) is 10.0. The van der Waals surface area contributed by atoms with Gasteiger partial charge in [0.25, 0.3) is 0 Å². The normalized spacial score (nSPS) is 11.5. The highest BCUT2D eigenvalue weighted by molar-refractivity contribution is 5.90. The van der Waals surface area contributed by atoms with Crippen molar-refractivity contribution in [3.8, 4) is 0 Å². The van der Waals surface area contributed by atoms with Gasteiger partial charge in [-0.1, -0.05) is 26.2 Å². The Labute approximate surface area is 125 Å².